The lowest BCUT2D eigenvalue weighted by Gasteiger charge is -2.29. The number of hydrogen-bond acceptors (Lipinski definition) is 7. The number of benzene rings is 1. The summed E-state index contributed by atoms with van der Waals surface area (Å²) in [4.78, 5) is 34.3. The van der Waals surface area contributed by atoms with E-state index in [9.17, 15) is 14.5 Å². The van der Waals surface area contributed by atoms with E-state index < -0.39 is 19.0 Å². The van der Waals surface area contributed by atoms with Gasteiger partial charge in [-0.15, -0.1) is 0 Å². The van der Waals surface area contributed by atoms with Gasteiger partial charge in [0.15, 0.2) is 0 Å². The molecule has 0 saturated heterocycles. The third-order valence-electron chi connectivity index (χ3n) is 3.28. The van der Waals surface area contributed by atoms with E-state index in [2.05, 4.69) is 10.4 Å². The van der Waals surface area contributed by atoms with Crippen molar-refractivity contribution in [2.24, 2.45) is 5.09 Å². The van der Waals surface area contributed by atoms with Crippen molar-refractivity contribution < 1.29 is 19.0 Å². The van der Waals surface area contributed by atoms with Crippen molar-refractivity contribution in [1.82, 2.24) is 5.32 Å². The molecule has 1 aliphatic heterocycles. The second-order valence-corrected chi connectivity index (χ2v) is 5.82. The van der Waals surface area contributed by atoms with Gasteiger partial charge in [-0.2, -0.15) is 4.91 Å². The summed E-state index contributed by atoms with van der Waals surface area (Å²) in [5, 5.41) is 5.59. The van der Waals surface area contributed by atoms with E-state index in [4.69, 9.17) is 26.7 Å². The van der Waals surface area contributed by atoms with Gasteiger partial charge >= 0.3 is 13.0 Å². The van der Waals surface area contributed by atoms with Crippen LogP contribution in [0.2, 0.25) is 5.02 Å². The molecule has 0 fully saturated rings. The minimum Gasteiger partial charge on any atom is -0.536 e. The maximum Gasteiger partial charge on any atom is 0.570 e. The number of hydrogen-bond donors (Lipinski definition) is 2. The Bertz CT molecular complexity index is 675. The molecule has 3 N–H and O–H groups in total. The molecule has 23 heavy (non-hydrogen) atoms. The summed E-state index contributed by atoms with van der Waals surface area (Å²) in [5.74, 6) is -1.60. The summed E-state index contributed by atoms with van der Waals surface area (Å²) in [7, 11) is -1.18. The number of ether oxygens (including phenoxy) is 1. The maximum atomic E-state index is 12.0. The molecule has 8 nitrogen and oxygen atoms in total. The van der Waals surface area contributed by atoms with Gasteiger partial charge in [-0.25, -0.2) is 4.79 Å². The largest absolute Gasteiger partial charge is 0.570 e. The van der Waals surface area contributed by atoms with E-state index in [0.717, 1.165) is 0 Å². The predicted octanol–water partition coefficient (Wildman–Crippen LogP) is 1.70. The Balaban J connectivity index is 2.51. The van der Waals surface area contributed by atoms with Crippen molar-refractivity contribution in [3.8, 4) is 5.75 Å². The van der Waals surface area contributed by atoms with Gasteiger partial charge in [0.1, 0.15) is 15.9 Å². The van der Waals surface area contributed by atoms with E-state index in [-0.39, 0.29) is 39.0 Å². The third kappa shape index (κ3) is 3.69. The Morgan fingerprint density at radius 2 is 2.35 bits per heavy atom. The van der Waals surface area contributed by atoms with Crippen LogP contribution in [0.25, 0.3) is 0 Å². The van der Waals surface area contributed by atoms with Crippen LogP contribution in [-0.4, -0.2) is 29.5 Å². The number of nitrogen functional groups attached to an aromatic ring is 1. The lowest BCUT2D eigenvalue weighted by molar-refractivity contribution is -0.119. The Labute approximate surface area is 150 Å². The Morgan fingerprint density at radius 3 is 2.91 bits per heavy atom. The lowest BCUT2D eigenvalue weighted by Crippen LogP contribution is -2.51. The zero-order valence-corrected chi connectivity index (χ0v) is 14.9. The number of rotatable bonds is 4. The Kier molecular flexibility index (Phi) is 5.68. The van der Waals surface area contributed by atoms with Crippen LogP contribution in [0.15, 0.2) is 11.2 Å². The molecule has 0 aromatic heterocycles. The predicted molar refractivity (Wildman–Crippen MR) is 93.7 cm³/mol. The van der Waals surface area contributed by atoms with Gasteiger partial charge in [0, 0.05) is 12.5 Å². The number of nitrogens with one attached hydrogen (secondary N) is 1. The maximum absolute atomic E-state index is 12.0. The van der Waals surface area contributed by atoms with Crippen molar-refractivity contribution in [3.05, 3.63) is 27.1 Å². The zero-order chi connectivity index (χ0) is 17.1. The second-order valence-electron chi connectivity index (χ2n) is 4.79. The molecule has 1 atom stereocenters. The number of nitrogens with zero attached hydrogens (tertiary/aromatic N) is 1. The highest BCUT2D eigenvalue weighted by Crippen LogP contribution is 2.39. The first-order valence-electron chi connectivity index (χ1n) is 6.49. The normalized spacial score (nSPS) is 16.1. The molecule has 1 aromatic rings. The van der Waals surface area contributed by atoms with E-state index in [0.29, 0.717) is 5.56 Å². The molecule has 1 heterocycles. The number of carbonyl (C=O) groups excluding carboxylic acids is 2. The van der Waals surface area contributed by atoms with Gasteiger partial charge < -0.3 is 20.4 Å². The number of nitrogens with two attached hydrogens (primary N) is 1. The Morgan fingerprint density at radius 1 is 1.65 bits per heavy atom. The number of amides is 1. The van der Waals surface area contributed by atoms with Crippen LogP contribution < -0.4 is 15.7 Å². The fourth-order valence-corrected chi connectivity index (χ4v) is 2.82. The average Bonchev–Trinajstić information content (AvgIpc) is 2.50. The molecule has 0 saturated carbocycles. The molecule has 0 spiro atoms. The van der Waals surface area contributed by atoms with Gasteiger partial charge in [0.2, 0.25) is 5.91 Å². The topological polar surface area (TPSA) is 120 Å². The number of esters is 1. The Hall–Kier alpha value is -1.56. The minimum absolute atomic E-state index is 0.0609. The molecule has 2 rings (SSSR count). The number of nitroso groups, excluding NO2 is 1. The highest BCUT2D eigenvalue weighted by molar-refractivity contribution is 14.1. The number of fused-ring (bicyclic) bond motifs is 1. The minimum atomic E-state index is -1.18. The summed E-state index contributed by atoms with van der Waals surface area (Å²) in [5.41, 5.74) is 6.64. The van der Waals surface area contributed by atoms with Gasteiger partial charge in [-0.1, -0.05) is 16.7 Å². The smallest absolute Gasteiger partial charge is 0.536 e. The standard InChI is InChI=1S/C12H12BClIN3O5/c1-5(19)17-9-3-6-10(16)8(14)2-7(12(20)22-4-15)11(6)23-13(9)18-21/h2,9H,3-4,16H2,1H3,(H,17,19)/t9-/m0/s1. The first-order valence-corrected chi connectivity index (χ1v) is 8.39. The molecule has 0 radical (unpaired) electrons. The first-order chi connectivity index (χ1) is 10.9. The van der Waals surface area contributed by atoms with E-state index in [1.165, 1.54) is 13.0 Å². The van der Waals surface area contributed by atoms with Gasteiger partial charge in [0.25, 0.3) is 0 Å². The quantitative estimate of drug-likeness (QED) is 0.180. The van der Waals surface area contributed by atoms with Crippen molar-refractivity contribution >= 4 is 58.8 Å². The second kappa shape index (κ2) is 7.34. The van der Waals surface area contributed by atoms with Crippen LogP contribution in [0.5, 0.6) is 5.75 Å². The summed E-state index contributed by atoms with van der Waals surface area (Å²) in [6.45, 7) is 1.31. The summed E-state index contributed by atoms with van der Waals surface area (Å²) in [6.07, 6.45) is 0.155. The van der Waals surface area contributed by atoms with Gasteiger partial charge in [-0.05, 0) is 35.1 Å². The summed E-state index contributed by atoms with van der Waals surface area (Å²) in [6, 6.07) is 1.32. The molecule has 0 unspecified atom stereocenters. The molecular weight excluding hydrogens is 439 g/mol. The average molecular weight is 451 g/mol. The van der Waals surface area contributed by atoms with E-state index in [1.807, 2.05) is 22.6 Å². The highest BCUT2D eigenvalue weighted by atomic mass is 127. The van der Waals surface area contributed by atoms with Crippen molar-refractivity contribution in [1.29, 1.82) is 0 Å². The fraction of sp³-hybridized carbons (Fsp3) is 0.333. The van der Waals surface area contributed by atoms with Crippen molar-refractivity contribution in [3.63, 3.8) is 0 Å². The van der Waals surface area contributed by atoms with Crippen molar-refractivity contribution in [2.45, 2.75) is 19.3 Å². The third-order valence-corrected chi connectivity index (χ3v) is 3.90. The molecule has 0 aliphatic carbocycles. The van der Waals surface area contributed by atoms with Gasteiger partial charge in [0.05, 0.1) is 16.7 Å². The molecule has 1 amide bonds. The van der Waals surface area contributed by atoms with Crippen LogP contribution in [0.4, 0.5) is 5.69 Å². The lowest BCUT2D eigenvalue weighted by atomic mass is 9.68. The van der Waals surface area contributed by atoms with E-state index in [1.54, 1.807) is 0 Å². The molecule has 1 aromatic carbocycles. The number of carbonyl (C=O) groups is 2. The van der Waals surface area contributed by atoms with Gasteiger partial charge in [-0.3, -0.25) is 4.79 Å². The van der Waals surface area contributed by atoms with E-state index >= 15 is 0 Å². The van der Waals surface area contributed by atoms with Crippen LogP contribution in [0, 0.1) is 4.91 Å². The zero-order valence-electron chi connectivity index (χ0n) is 12.0. The highest BCUT2D eigenvalue weighted by Gasteiger charge is 2.41. The molecule has 0 bridgehead atoms. The van der Waals surface area contributed by atoms with Crippen LogP contribution >= 0.6 is 34.2 Å². The number of anilines is 1. The molecule has 11 heteroatoms. The number of alkyl halides is 1. The monoisotopic (exact) mass is 451 g/mol. The number of halogens is 2. The molecular formula is C12H12BClIN3O5. The first kappa shape index (κ1) is 17.8. The van der Waals surface area contributed by atoms with Crippen LogP contribution in [0.1, 0.15) is 22.8 Å². The summed E-state index contributed by atoms with van der Waals surface area (Å²) < 4.78 is 10.6. The molecule has 1 aliphatic rings. The SMILES string of the molecule is CC(=O)N[C@H]1Cc2c(N)c(Cl)cc(C(=O)OCI)c2OB1N=O. The van der Waals surface area contributed by atoms with Crippen LogP contribution in [0.3, 0.4) is 0 Å². The fourth-order valence-electron chi connectivity index (χ4n) is 2.32. The summed E-state index contributed by atoms with van der Waals surface area (Å²) >= 11 is 7.93. The van der Waals surface area contributed by atoms with Crippen molar-refractivity contribution in [2.75, 3.05) is 10.3 Å². The van der Waals surface area contributed by atoms with Crippen LogP contribution in [-0.2, 0) is 16.0 Å². The molecule has 122 valence electrons.